The van der Waals surface area contributed by atoms with Crippen molar-refractivity contribution in [3.05, 3.63) is 29.8 Å². The number of rotatable bonds is 7. The molecule has 1 rings (SSSR count). The van der Waals surface area contributed by atoms with Gasteiger partial charge in [0.1, 0.15) is 0 Å². The Morgan fingerprint density at radius 2 is 1.79 bits per heavy atom. The van der Waals surface area contributed by atoms with Crippen LogP contribution < -0.4 is 16.0 Å². The topological polar surface area (TPSA) is 74.8 Å². The maximum Gasteiger partial charge on any atom is 0.411 e. The first-order valence-electron chi connectivity index (χ1n) is 8.01. The van der Waals surface area contributed by atoms with Crippen LogP contribution in [0.15, 0.2) is 29.3 Å². The molecule has 7 heteroatoms. The molecule has 0 aromatic heterocycles. The van der Waals surface area contributed by atoms with Crippen LogP contribution >= 0.6 is 24.0 Å². The first kappa shape index (κ1) is 22.5. The van der Waals surface area contributed by atoms with E-state index in [1.165, 1.54) is 7.11 Å². The number of hydrogen-bond acceptors (Lipinski definition) is 3. The van der Waals surface area contributed by atoms with Crippen LogP contribution in [0.1, 0.15) is 32.3 Å². The number of carbonyl (C=O) groups excluding carboxylic acids is 1. The van der Waals surface area contributed by atoms with Crippen molar-refractivity contribution in [1.29, 1.82) is 0 Å². The zero-order valence-corrected chi connectivity index (χ0v) is 17.2. The molecule has 0 unspecified atom stereocenters. The lowest BCUT2D eigenvalue weighted by Gasteiger charge is -2.16. The Hall–Kier alpha value is -1.51. The SMILES string of the molecule is CCC(CC)CNC(=NC)NCc1ccc(NC(=O)OC)cc1.I. The molecule has 1 aromatic carbocycles. The van der Waals surface area contributed by atoms with Gasteiger partial charge in [-0.15, -0.1) is 24.0 Å². The van der Waals surface area contributed by atoms with Crippen molar-refractivity contribution < 1.29 is 9.53 Å². The number of hydrogen-bond donors (Lipinski definition) is 3. The molecule has 0 saturated heterocycles. The summed E-state index contributed by atoms with van der Waals surface area (Å²) < 4.78 is 4.56. The number of aliphatic imine (C=N–C) groups is 1. The van der Waals surface area contributed by atoms with Gasteiger partial charge >= 0.3 is 6.09 Å². The number of methoxy groups -OCH3 is 1. The van der Waals surface area contributed by atoms with E-state index in [4.69, 9.17) is 0 Å². The number of anilines is 1. The number of amides is 1. The summed E-state index contributed by atoms with van der Waals surface area (Å²) in [5.41, 5.74) is 1.81. The summed E-state index contributed by atoms with van der Waals surface area (Å²) in [5, 5.41) is 9.26. The Bertz CT molecular complexity index is 502. The predicted molar refractivity (Wildman–Crippen MR) is 110 cm³/mol. The number of nitrogens with one attached hydrogen (secondary N) is 3. The third kappa shape index (κ3) is 8.37. The molecule has 24 heavy (non-hydrogen) atoms. The third-order valence-electron chi connectivity index (χ3n) is 3.78. The average molecular weight is 448 g/mol. The van der Waals surface area contributed by atoms with Crippen LogP contribution in [0.2, 0.25) is 0 Å². The van der Waals surface area contributed by atoms with Crippen molar-refractivity contribution in [3.8, 4) is 0 Å². The summed E-state index contributed by atoms with van der Waals surface area (Å²) >= 11 is 0. The zero-order valence-electron chi connectivity index (χ0n) is 14.9. The molecule has 0 radical (unpaired) electrons. The molecular weight excluding hydrogens is 419 g/mol. The van der Waals surface area contributed by atoms with Gasteiger partial charge in [0.25, 0.3) is 0 Å². The standard InChI is InChI=1S/C17H28N4O2.HI/c1-5-13(6-2)11-19-16(18-3)20-12-14-7-9-15(10-8-14)21-17(22)23-4;/h7-10,13H,5-6,11-12H2,1-4H3,(H,21,22)(H2,18,19,20);1H. The number of benzene rings is 1. The van der Waals surface area contributed by atoms with Gasteiger partial charge in [-0.1, -0.05) is 38.8 Å². The minimum absolute atomic E-state index is 0. The average Bonchev–Trinajstić information content (AvgIpc) is 2.59. The molecule has 6 nitrogen and oxygen atoms in total. The van der Waals surface area contributed by atoms with E-state index < -0.39 is 6.09 Å². The van der Waals surface area contributed by atoms with Gasteiger partial charge in [-0.25, -0.2) is 4.79 Å². The fourth-order valence-corrected chi connectivity index (χ4v) is 2.10. The summed E-state index contributed by atoms with van der Waals surface area (Å²) in [6.45, 7) is 6.00. The molecule has 136 valence electrons. The fourth-order valence-electron chi connectivity index (χ4n) is 2.10. The highest BCUT2D eigenvalue weighted by Gasteiger charge is 2.05. The van der Waals surface area contributed by atoms with E-state index in [-0.39, 0.29) is 24.0 Å². The monoisotopic (exact) mass is 448 g/mol. The highest BCUT2D eigenvalue weighted by atomic mass is 127. The molecule has 1 aromatic rings. The molecule has 0 aliphatic heterocycles. The summed E-state index contributed by atoms with van der Waals surface area (Å²) in [6, 6.07) is 7.58. The Morgan fingerprint density at radius 3 is 2.29 bits per heavy atom. The normalized spacial score (nSPS) is 10.8. The lowest BCUT2D eigenvalue weighted by molar-refractivity contribution is 0.187. The minimum Gasteiger partial charge on any atom is -0.453 e. The first-order chi connectivity index (χ1) is 11.1. The van der Waals surface area contributed by atoms with Gasteiger partial charge < -0.3 is 15.4 Å². The second kappa shape index (κ2) is 12.9. The molecule has 0 atom stereocenters. The molecule has 1 amide bonds. The van der Waals surface area contributed by atoms with Crippen molar-refractivity contribution in [2.75, 3.05) is 26.0 Å². The molecule has 0 aliphatic carbocycles. The Morgan fingerprint density at radius 1 is 1.17 bits per heavy atom. The van der Waals surface area contributed by atoms with E-state index in [1.54, 1.807) is 7.05 Å². The van der Waals surface area contributed by atoms with Crippen LogP contribution in [0.5, 0.6) is 0 Å². The van der Waals surface area contributed by atoms with Crippen LogP contribution in [0.4, 0.5) is 10.5 Å². The number of nitrogens with zero attached hydrogens (tertiary/aromatic N) is 1. The number of guanidine groups is 1. The molecule has 0 bridgehead atoms. The largest absolute Gasteiger partial charge is 0.453 e. The second-order valence-electron chi connectivity index (χ2n) is 5.30. The summed E-state index contributed by atoms with van der Waals surface area (Å²) in [4.78, 5) is 15.4. The maximum atomic E-state index is 11.1. The van der Waals surface area contributed by atoms with Crippen LogP contribution in [0.25, 0.3) is 0 Å². The summed E-state index contributed by atoms with van der Waals surface area (Å²) in [5.74, 6) is 1.46. The van der Waals surface area contributed by atoms with Crippen LogP contribution in [-0.4, -0.2) is 32.8 Å². The number of halogens is 1. The van der Waals surface area contributed by atoms with Crippen molar-refractivity contribution in [3.63, 3.8) is 0 Å². The van der Waals surface area contributed by atoms with Gasteiger partial charge in [-0.2, -0.15) is 0 Å². The smallest absolute Gasteiger partial charge is 0.411 e. The maximum absolute atomic E-state index is 11.1. The summed E-state index contributed by atoms with van der Waals surface area (Å²) in [6.07, 6.45) is 1.85. The van der Waals surface area contributed by atoms with Crippen molar-refractivity contribution in [2.24, 2.45) is 10.9 Å². The van der Waals surface area contributed by atoms with E-state index in [0.29, 0.717) is 18.2 Å². The molecular formula is C17H29IN4O2. The van der Waals surface area contributed by atoms with Crippen LogP contribution in [-0.2, 0) is 11.3 Å². The van der Waals surface area contributed by atoms with Crippen LogP contribution in [0, 0.1) is 5.92 Å². The molecule has 0 fully saturated rings. The zero-order chi connectivity index (χ0) is 17.1. The van der Waals surface area contributed by atoms with E-state index >= 15 is 0 Å². The predicted octanol–water partition coefficient (Wildman–Crippen LogP) is 3.58. The van der Waals surface area contributed by atoms with E-state index in [2.05, 4.69) is 39.5 Å². The molecule has 0 spiro atoms. The highest BCUT2D eigenvalue weighted by Crippen LogP contribution is 2.09. The first-order valence-corrected chi connectivity index (χ1v) is 8.01. The third-order valence-corrected chi connectivity index (χ3v) is 3.78. The lowest BCUT2D eigenvalue weighted by atomic mass is 10.0. The van der Waals surface area contributed by atoms with Gasteiger partial charge in [-0.05, 0) is 23.6 Å². The van der Waals surface area contributed by atoms with E-state index in [1.807, 2.05) is 24.3 Å². The number of carbonyl (C=O) groups is 1. The molecule has 0 saturated carbocycles. The molecule has 3 N–H and O–H groups in total. The van der Waals surface area contributed by atoms with Gasteiger partial charge in [0.2, 0.25) is 0 Å². The van der Waals surface area contributed by atoms with Crippen molar-refractivity contribution in [2.45, 2.75) is 33.2 Å². The quantitative estimate of drug-likeness (QED) is 0.339. The fraction of sp³-hybridized carbons (Fsp3) is 0.529. The molecule has 0 heterocycles. The van der Waals surface area contributed by atoms with Crippen molar-refractivity contribution >= 4 is 41.7 Å². The lowest BCUT2D eigenvalue weighted by Crippen LogP contribution is -2.39. The highest BCUT2D eigenvalue weighted by molar-refractivity contribution is 14.0. The van der Waals surface area contributed by atoms with E-state index in [9.17, 15) is 4.79 Å². The second-order valence-corrected chi connectivity index (χ2v) is 5.30. The number of ether oxygens (including phenoxy) is 1. The Labute approximate surface area is 161 Å². The Balaban J connectivity index is 0.00000529. The van der Waals surface area contributed by atoms with Gasteiger partial charge in [0, 0.05) is 25.8 Å². The van der Waals surface area contributed by atoms with E-state index in [0.717, 1.165) is 30.9 Å². The minimum atomic E-state index is -0.470. The van der Waals surface area contributed by atoms with Crippen molar-refractivity contribution in [1.82, 2.24) is 10.6 Å². The molecule has 0 aliphatic rings. The van der Waals surface area contributed by atoms with Gasteiger partial charge in [0.15, 0.2) is 5.96 Å². The summed E-state index contributed by atoms with van der Waals surface area (Å²) in [7, 11) is 3.11. The van der Waals surface area contributed by atoms with Crippen LogP contribution in [0.3, 0.4) is 0 Å². The van der Waals surface area contributed by atoms with Gasteiger partial charge in [0.05, 0.1) is 7.11 Å². The Kier molecular flexibility index (Phi) is 12.0. The van der Waals surface area contributed by atoms with Gasteiger partial charge in [-0.3, -0.25) is 10.3 Å².